The average Bonchev–Trinajstić information content (AvgIpc) is 2.98. The number of carbonyl (C=O) groups is 4. The summed E-state index contributed by atoms with van der Waals surface area (Å²) in [4.78, 5) is 52.4. The quantitative estimate of drug-likeness (QED) is 0.367. The second kappa shape index (κ2) is 10.4. The molecule has 0 saturated heterocycles. The van der Waals surface area contributed by atoms with Crippen LogP contribution in [0.15, 0.2) is 36.4 Å². The van der Waals surface area contributed by atoms with Gasteiger partial charge in [0.05, 0.1) is 5.56 Å². The largest absolute Gasteiger partial charge is 0.367 e. The molecular weight excluding hydrogens is 383 g/mol. The molecular formula is C19H23FN4O5. The highest BCUT2D eigenvalue weighted by Crippen LogP contribution is 2.04. The summed E-state index contributed by atoms with van der Waals surface area (Å²) in [6, 6.07) is 4.63. The molecule has 1 aliphatic heterocycles. The van der Waals surface area contributed by atoms with Crippen molar-refractivity contribution in [3.8, 4) is 0 Å². The maximum Gasteiger partial charge on any atom is 0.356 e. The van der Waals surface area contributed by atoms with Crippen molar-refractivity contribution in [1.29, 1.82) is 0 Å². The average molecular weight is 406 g/mol. The van der Waals surface area contributed by atoms with E-state index in [0.717, 1.165) is 17.1 Å². The zero-order valence-electron chi connectivity index (χ0n) is 16.1. The first-order chi connectivity index (χ1) is 13.8. The number of benzene rings is 1. The molecule has 3 N–H and O–H groups in total. The van der Waals surface area contributed by atoms with Crippen LogP contribution in [-0.4, -0.2) is 60.3 Å². The summed E-state index contributed by atoms with van der Waals surface area (Å²) in [6.07, 6.45) is 2.25. The fourth-order valence-corrected chi connectivity index (χ4v) is 2.43. The number of carbonyl (C=O) groups excluding carboxylic acids is 4. The van der Waals surface area contributed by atoms with Gasteiger partial charge in [0, 0.05) is 37.3 Å². The number of imide groups is 1. The first-order valence-electron chi connectivity index (χ1n) is 9.02. The van der Waals surface area contributed by atoms with Crippen LogP contribution in [0.25, 0.3) is 0 Å². The Morgan fingerprint density at radius 1 is 1.03 bits per heavy atom. The van der Waals surface area contributed by atoms with Crippen molar-refractivity contribution in [3.63, 3.8) is 0 Å². The second-order valence-corrected chi connectivity index (χ2v) is 6.62. The normalized spacial score (nSPS) is 15.3. The summed E-state index contributed by atoms with van der Waals surface area (Å²) >= 11 is 0. The number of nitrogens with one attached hydrogen (secondary N) is 3. The van der Waals surface area contributed by atoms with Gasteiger partial charge < -0.3 is 15.5 Å². The number of nitrogens with zero attached hydrogens (tertiary/aromatic N) is 1. The number of hydrogen-bond donors (Lipinski definition) is 3. The van der Waals surface area contributed by atoms with Crippen LogP contribution in [0, 0.1) is 5.82 Å². The van der Waals surface area contributed by atoms with Crippen LogP contribution in [0.2, 0.25) is 0 Å². The molecule has 0 saturated carbocycles. The lowest BCUT2D eigenvalue weighted by atomic mass is 10.2. The van der Waals surface area contributed by atoms with Crippen molar-refractivity contribution in [1.82, 2.24) is 21.0 Å². The summed E-state index contributed by atoms with van der Waals surface area (Å²) in [5.41, 5.74) is 2.76. The van der Waals surface area contributed by atoms with Crippen LogP contribution < -0.4 is 16.1 Å². The molecule has 29 heavy (non-hydrogen) atoms. The van der Waals surface area contributed by atoms with Gasteiger partial charge in [0.25, 0.3) is 11.8 Å². The molecule has 0 aliphatic carbocycles. The Labute approximate surface area is 167 Å². The minimum atomic E-state index is -0.627. The van der Waals surface area contributed by atoms with E-state index < -0.39 is 29.5 Å². The predicted octanol–water partition coefficient (Wildman–Crippen LogP) is -0.105. The van der Waals surface area contributed by atoms with Crippen LogP contribution in [-0.2, 0) is 19.2 Å². The molecule has 3 amide bonds. The maximum absolute atomic E-state index is 12.8. The zero-order chi connectivity index (χ0) is 21.4. The van der Waals surface area contributed by atoms with E-state index in [-0.39, 0.29) is 24.2 Å². The Bertz CT molecular complexity index is 778. The lowest BCUT2D eigenvalue weighted by molar-refractivity contribution is -0.141. The topological polar surface area (TPSA) is 117 Å². The van der Waals surface area contributed by atoms with Gasteiger partial charge in [-0.1, -0.05) is 0 Å². The van der Waals surface area contributed by atoms with Gasteiger partial charge in [-0.3, -0.25) is 19.3 Å². The van der Waals surface area contributed by atoms with Crippen LogP contribution in [0.1, 0.15) is 24.2 Å². The van der Waals surface area contributed by atoms with Crippen molar-refractivity contribution < 1.29 is 28.4 Å². The minimum absolute atomic E-state index is 0.0960. The lowest BCUT2D eigenvalue weighted by Gasteiger charge is -2.20. The third-order valence-electron chi connectivity index (χ3n) is 4.02. The van der Waals surface area contributed by atoms with Crippen molar-refractivity contribution in [2.24, 2.45) is 0 Å². The van der Waals surface area contributed by atoms with Crippen molar-refractivity contribution >= 4 is 23.7 Å². The number of hydrogen-bond acceptors (Lipinski definition) is 7. The predicted molar refractivity (Wildman–Crippen MR) is 101 cm³/mol. The molecule has 1 aromatic rings. The molecule has 2 rings (SSSR count). The molecule has 1 heterocycles. The minimum Gasteiger partial charge on any atom is -0.367 e. The van der Waals surface area contributed by atoms with E-state index in [9.17, 15) is 23.6 Å². The third kappa shape index (κ3) is 7.09. The molecule has 0 bridgehead atoms. The van der Waals surface area contributed by atoms with E-state index in [0.29, 0.717) is 13.1 Å². The zero-order valence-corrected chi connectivity index (χ0v) is 16.1. The first kappa shape index (κ1) is 22.2. The third-order valence-corrected chi connectivity index (χ3v) is 4.02. The molecule has 0 fully saturated rings. The number of amides is 3. The first-order valence-corrected chi connectivity index (χ1v) is 9.02. The Morgan fingerprint density at radius 3 is 2.28 bits per heavy atom. The highest BCUT2D eigenvalue weighted by Gasteiger charge is 2.25. The van der Waals surface area contributed by atoms with Crippen molar-refractivity contribution in [3.05, 3.63) is 47.8 Å². The Kier molecular flexibility index (Phi) is 7.98. The van der Waals surface area contributed by atoms with Gasteiger partial charge in [-0.2, -0.15) is 5.48 Å². The fraction of sp³-hybridized carbons (Fsp3) is 0.368. The molecule has 1 aromatic carbocycles. The van der Waals surface area contributed by atoms with Crippen LogP contribution in [0.3, 0.4) is 0 Å². The molecule has 0 radical (unpaired) electrons. The second-order valence-electron chi connectivity index (χ2n) is 6.62. The SMILES string of the molecule is C[C@@H](CNOC(=O)c1ccc(F)cc1)NC[C@H](C)NC(=O)CN1C(=O)C=CC1=O. The monoisotopic (exact) mass is 406 g/mol. The van der Waals surface area contributed by atoms with Gasteiger partial charge in [0.2, 0.25) is 5.91 Å². The van der Waals surface area contributed by atoms with Gasteiger partial charge in [0.15, 0.2) is 0 Å². The number of hydroxylamine groups is 1. The van der Waals surface area contributed by atoms with E-state index in [1.165, 1.54) is 24.3 Å². The highest BCUT2D eigenvalue weighted by atomic mass is 19.1. The smallest absolute Gasteiger partial charge is 0.356 e. The molecule has 1 aliphatic rings. The van der Waals surface area contributed by atoms with Gasteiger partial charge in [-0.15, -0.1) is 0 Å². The number of rotatable bonds is 10. The number of halogens is 1. The summed E-state index contributed by atoms with van der Waals surface area (Å²) in [7, 11) is 0. The fourth-order valence-electron chi connectivity index (χ4n) is 2.43. The van der Waals surface area contributed by atoms with E-state index in [1.807, 2.05) is 6.92 Å². The van der Waals surface area contributed by atoms with Crippen LogP contribution >= 0.6 is 0 Å². The van der Waals surface area contributed by atoms with Crippen LogP contribution in [0.5, 0.6) is 0 Å². The van der Waals surface area contributed by atoms with Crippen molar-refractivity contribution in [2.45, 2.75) is 25.9 Å². The van der Waals surface area contributed by atoms with E-state index in [4.69, 9.17) is 4.84 Å². The van der Waals surface area contributed by atoms with E-state index in [1.54, 1.807) is 6.92 Å². The highest BCUT2D eigenvalue weighted by molar-refractivity contribution is 6.14. The van der Waals surface area contributed by atoms with Crippen LogP contribution in [0.4, 0.5) is 4.39 Å². The molecule has 0 spiro atoms. The maximum atomic E-state index is 12.8. The van der Waals surface area contributed by atoms with Crippen molar-refractivity contribution in [2.75, 3.05) is 19.6 Å². The Balaban J connectivity index is 1.61. The lowest BCUT2D eigenvalue weighted by Crippen LogP contribution is -2.48. The molecule has 0 aromatic heterocycles. The Morgan fingerprint density at radius 2 is 1.66 bits per heavy atom. The summed E-state index contributed by atoms with van der Waals surface area (Å²) in [5, 5.41) is 5.83. The van der Waals surface area contributed by atoms with Gasteiger partial charge >= 0.3 is 5.97 Å². The molecule has 9 nitrogen and oxygen atoms in total. The molecule has 2 atom stereocenters. The Hall–Kier alpha value is -3.11. The summed E-state index contributed by atoms with van der Waals surface area (Å²) in [5.74, 6) is -2.53. The summed E-state index contributed by atoms with van der Waals surface area (Å²) in [6.45, 7) is 4.01. The standard InChI is InChI=1S/C19H23FN4O5/c1-12(10-22-29-19(28)14-3-5-15(20)6-4-14)21-9-13(2)23-16(25)11-24-17(26)7-8-18(24)27/h3-8,12-13,21-22H,9-11H2,1-2H3,(H,23,25)/t12-,13-/m0/s1. The van der Waals surface area contributed by atoms with Gasteiger partial charge in [0.1, 0.15) is 12.4 Å². The van der Waals surface area contributed by atoms with Gasteiger partial charge in [-0.05, 0) is 38.1 Å². The van der Waals surface area contributed by atoms with Gasteiger partial charge in [-0.25, -0.2) is 9.18 Å². The molecule has 10 heteroatoms. The molecule has 0 unspecified atom stereocenters. The van der Waals surface area contributed by atoms with E-state index >= 15 is 0 Å². The summed E-state index contributed by atoms with van der Waals surface area (Å²) < 4.78 is 12.8. The van der Waals surface area contributed by atoms with E-state index in [2.05, 4.69) is 16.1 Å². The molecule has 156 valence electrons.